The summed E-state index contributed by atoms with van der Waals surface area (Å²) in [4.78, 5) is 29.1. The summed E-state index contributed by atoms with van der Waals surface area (Å²) in [5, 5.41) is 3.06. The number of halogens is 1. The summed E-state index contributed by atoms with van der Waals surface area (Å²) < 4.78 is 29.1. The molecule has 9 heteroatoms. The number of anilines is 1. The zero-order valence-corrected chi connectivity index (χ0v) is 25.4. The van der Waals surface area contributed by atoms with E-state index in [1.165, 1.54) is 30.1 Å². The van der Waals surface area contributed by atoms with Crippen LogP contribution in [0.15, 0.2) is 108 Å². The van der Waals surface area contributed by atoms with Crippen LogP contribution < -0.4 is 9.62 Å². The van der Waals surface area contributed by atoms with Crippen molar-refractivity contribution in [3.05, 3.63) is 130 Å². The minimum Gasteiger partial charge on any atom is -0.357 e. The van der Waals surface area contributed by atoms with Gasteiger partial charge < -0.3 is 10.2 Å². The van der Waals surface area contributed by atoms with E-state index < -0.39 is 28.5 Å². The first kappa shape index (κ1) is 30.8. The molecule has 42 heavy (non-hydrogen) atoms. The van der Waals surface area contributed by atoms with Crippen LogP contribution in [0, 0.1) is 13.8 Å². The van der Waals surface area contributed by atoms with Gasteiger partial charge in [0.25, 0.3) is 10.0 Å². The number of carbonyl (C=O) groups excluding carboxylic acids is 2. The molecule has 0 heterocycles. The van der Waals surface area contributed by atoms with E-state index in [9.17, 15) is 18.0 Å². The highest BCUT2D eigenvalue weighted by Crippen LogP contribution is 2.29. The van der Waals surface area contributed by atoms with Gasteiger partial charge in [-0.1, -0.05) is 96.0 Å². The Bertz CT molecular complexity index is 1630. The highest BCUT2D eigenvalue weighted by Gasteiger charge is 2.34. The second kappa shape index (κ2) is 13.7. The largest absolute Gasteiger partial charge is 0.357 e. The van der Waals surface area contributed by atoms with Crippen LogP contribution in [0.1, 0.15) is 22.3 Å². The fourth-order valence-corrected chi connectivity index (χ4v) is 6.18. The average Bonchev–Trinajstić information content (AvgIpc) is 2.99. The van der Waals surface area contributed by atoms with Crippen molar-refractivity contribution in [1.29, 1.82) is 0 Å². The van der Waals surface area contributed by atoms with E-state index in [0.717, 1.165) is 26.6 Å². The third-order valence-corrected chi connectivity index (χ3v) is 9.24. The molecule has 0 unspecified atom stereocenters. The molecule has 0 aliphatic carbocycles. The van der Waals surface area contributed by atoms with Crippen LogP contribution in [0.5, 0.6) is 0 Å². The van der Waals surface area contributed by atoms with Gasteiger partial charge in [-0.25, -0.2) is 8.42 Å². The molecule has 218 valence electrons. The van der Waals surface area contributed by atoms with Crippen LogP contribution in [-0.2, 0) is 32.6 Å². The maximum absolute atomic E-state index is 14.3. The summed E-state index contributed by atoms with van der Waals surface area (Å²) in [7, 11) is -2.66. The Labute approximate surface area is 252 Å². The van der Waals surface area contributed by atoms with Crippen LogP contribution in [0.2, 0.25) is 5.02 Å². The molecule has 0 aromatic heterocycles. The van der Waals surface area contributed by atoms with Crippen molar-refractivity contribution in [3.63, 3.8) is 0 Å². The number of nitrogens with one attached hydrogen (secondary N) is 1. The quantitative estimate of drug-likeness (QED) is 0.244. The zero-order chi connectivity index (χ0) is 30.3. The predicted octanol–water partition coefficient (Wildman–Crippen LogP) is 5.54. The van der Waals surface area contributed by atoms with Crippen molar-refractivity contribution >= 4 is 39.1 Å². The van der Waals surface area contributed by atoms with Crippen LogP contribution in [0.4, 0.5) is 5.69 Å². The van der Waals surface area contributed by atoms with Gasteiger partial charge in [-0.05, 0) is 54.8 Å². The molecule has 0 bridgehead atoms. The van der Waals surface area contributed by atoms with Crippen molar-refractivity contribution in [2.45, 2.75) is 37.8 Å². The first-order valence-corrected chi connectivity index (χ1v) is 15.4. The standard InChI is InChI=1S/C33H34ClN3O4S/c1-24-14-18-29(19-15-24)42(40,41)37(28-17-16-25(2)30(34)21-28)23-32(38)36(22-27-12-8-5-9-13-27)31(33(39)35-3)20-26-10-6-4-7-11-26/h4-19,21,31H,20,22-23H2,1-3H3,(H,35,39)/t31-/m0/s1. The lowest BCUT2D eigenvalue weighted by atomic mass is 10.0. The van der Waals surface area contributed by atoms with Crippen LogP contribution in [0.25, 0.3) is 0 Å². The third kappa shape index (κ3) is 7.38. The summed E-state index contributed by atoms with van der Waals surface area (Å²) in [6.45, 7) is 3.25. The van der Waals surface area contributed by atoms with Crippen molar-refractivity contribution in [2.24, 2.45) is 0 Å². The number of likely N-dealkylation sites (N-methyl/N-ethyl adjacent to an activating group) is 1. The molecule has 0 saturated heterocycles. The Hall–Kier alpha value is -4.14. The number of aryl methyl sites for hydroxylation is 2. The van der Waals surface area contributed by atoms with Gasteiger partial charge in [-0.15, -0.1) is 0 Å². The SMILES string of the molecule is CNC(=O)[C@H](Cc1ccccc1)N(Cc1ccccc1)C(=O)CN(c1ccc(C)c(Cl)c1)S(=O)(=O)c1ccc(C)cc1. The molecule has 0 aliphatic rings. The molecule has 1 atom stereocenters. The Morgan fingerprint density at radius 3 is 2.00 bits per heavy atom. The number of nitrogens with zero attached hydrogens (tertiary/aromatic N) is 2. The molecule has 0 spiro atoms. The van der Waals surface area contributed by atoms with Gasteiger partial charge >= 0.3 is 0 Å². The van der Waals surface area contributed by atoms with E-state index in [4.69, 9.17) is 11.6 Å². The number of carbonyl (C=O) groups is 2. The molecule has 4 aromatic carbocycles. The lowest BCUT2D eigenvalue weighted by Gasteiger charge is -2.33. The Balaban J connectivity index is 1.79. The molecule has 0 fully saturated rings. The van der Waals surface area contributed by atoms with Gasteiger partial charge in [0, 0.05) is 25.0 Å². The topological polar surface area (TPSA) is 86.8 Å². The van der Waals surface area contributed by atoms with Gasteiger partial charge in [0.15, 0.2) is 0 Å². The Morgan fingerprint density at radius 2 is 1.43 bits per heavy atom. The number of hydrogen-bond acceptors (Lipinski definition) is 4. The molecule has 1 N–H and O–H groups in total. The van der Waals surface area contributed by atoms with Crippen molar-refractivity contribution in [3.8, 4) is 0 Å². The molecule has 0 radical (unpaired) electrons. The summed E-state index contributed by atoms with van der Waals surface area (Å²) in [6, 6.07) is 29.1. The summed E-state index contributed by atoms with van der Waals surface area (Å²) >= 11 is 6.41. The number of hydrogen-bond donors (Lipinski definition) is 1. The summed E-state index contributed by atoms with van der Waals surface area (Å²) in [6.07, 6.45) is 0.250. The maximum Gasteiger partial charge on any atom is 0.264 e. The van der Waals surface area contributed by atoms with Crippen LogP contribution >= 0.6 is 11.6 Å². The average molecular weight is 604 g/mol. The Kier molecular flexibility index (Phi) is 10.0. The van der Waals surface area contributed by atoms with E-state index in [2.05, 4.69) is 5.32 Å². The highest BCUT2D eigenvalue weighted by molar-refractivity contribution is 7.92. The highest BCUT2D eigenvalue weighted by atomic mass is 35.5. The Morgan fingerprint density at radius 1 is 0.833 bits per heavy atom. The second-order valence-corrected chi connectivity index (χ2v) is 12.4. The van der Waals surface area contributed by atoms with Crippen molar-refractivity contribution in [1.82, 2.24) is 10.2 Å². The van der Waals surface area contributed by atoms with E-state index in [-0.39, 0.29) is 29.5 Å². The minimum absolute atomic E-state index is 0.0411. The number of benzene rings is 4. The number of rotatable bonds is 11. The normalized spacial score (nSPS) is 11.9. The van der Waals surface area contributed by atoms with E-state index >= 15 is 0 Å². The number of amides is 2. The summed E-state index contributed by atoms with van der Waals surface area (Å²) in [5.41, 5.74) is 3.59. The van der Waals surface area contributed by atoms with Crippen molar-refractivity contribution in [2.75, 3.05) is 17.9 Å². The molecule has 7 nitrogen and oxygen atoms in total. The minimum atomic E-state index is -4.19. The fourth-order valence-electron chi connectivity index (χ4n) is 4.60. The molecular weight excluding hydrogens is 570 g/mol. The number of sulfonamides is 1. The maximum atomic E-state index is 14.3. The van der Waals surface area contributed by atoms with Gasteiger partial charge in [-0.2, -0.15) is 0 Å². The smallest absolute Gasteiger partial charge is 0.264 e. The lowest BCUT2D eigenvalue weighted by Crippen LogP contribution is -2.53. The van der Waals surface area contributed by atoms with Crippen molar-refractivity contribution < 1.29 is 18.0 Å². The molecule has 4 aromatic rings. The lowest BCUT2D eigenvalue weighted by molar-refractivity contribution is -0.139. The zero-order valence-electron chi connectivity index (χ0n) is 23.8. The summed E-state index contributed by atoms with van der Waals surface area (Å²) in [5.74, 6) is -0.884. The molecule has 2 amide bonds. The molecule has 4 rings (SSSR count). The van der Waals surface area contributed by atoms with Gasteiger partial charge in [0.05, 0.1) is 10.6 Å². The fraction of sp³-hybridized carbons (Fsp3) is 0.212. The third-order valence-electron chi connectivity index (χ3n) is 7.04. The van der Waals surface area contributed by atoms with Gasteiger partial charge in [-0.3, -0.25) is 13.9 Å². The first-order valence-electron chi connectivity index (χ1n) is 13.5. The van der Waals surface area contributed by atoms with Gasteiger partial charge in [0.1, 0.15) is 12.6 Å². The van der Waals surface area contributed by atoms with Crippen LogP contribution in [-0.4, -0.2) is 44.8 Å². The van der Waals surface area contributed by atoms with Crippen LogP contribution in [0.3, 0.4) is 0 Å². The molecule has 0 aliphatic heterocycles. The monoisotopic (exact) mass is 603 g/mol. The van der Waals surface area contributed by atoms with E-state index in [1.807, 2.05) is 74.5 Å². The molecular formula is C33H34ClN3O4S. The van der Waals surface area contributed by atoms with E-state index in [1.54, 1.807) is 24.3 Å². The predicted molar refractivity (Wildman–Crippen MR) is 167 cm³/mol. The molecule has 0 saturated carbocycles. The first-order chi connectivity index (χ1) is 20.1. The second-order valence-electron chi connectivity index (χ2n) is 10.1. The van der Waals surface area contributed by atoms with E-state index in [0.29, 0.717) is 5.02 Å². The van der Waals surface area contributed by atoms with Gasteiger partial charge in [0.2, 0.25) is 11.8 Å².